The summed E-state index contributed by atoms with van der Waals surface area (Å²) >= 11 is 0. The lowest BCUT2D eigenvalue weighted by atomic mass is 9.87. The van der Waals surface area contributed by atoms with Crippen molar-refractivity contribution in [3.63, 3.8) is 0 Å². The maximum atomic E-state index is 13.7. The molecule has 32 heavy (non-hydrogen) atoms. The first-order valence-electron chi connectivity index (χ1n) is 10.7. The van der Waals surface area contributed by atoms with Crippen LogP contribution in [0, 0.1) is 5.92 Å². The molecule has 0 aliphatic carbocycles. The van der Waals surface area contributed by atoms with E-state index in [0.717, 1.165) is 22.0 Å². The summed E-state index contributed by atoms with van der Waals surface area (Å²) < 4.78 is 0. The van der Waals surface area contributed by atoms with Crippen molar-refractivity contribution in [2.45, 2.75) is 12.1 Å². The Labute approximate surface area is 185 Å². The summed E-state index contributed by atoms with van der Waals surface area (Å²) in [6, 6.07) is 32.4. The average Bonchev–Trinajstić information content (AvgIpc) is 3.35. The largest absolute Gasteiger partial charge is 0.273 e. The van der Waals surface area contributed by atoms with Crippen molar-refractivity contribution in [3.05, 3.63) is 109 Å². The molecule has 156 valence electrons. The van der Waals surface area contributed by atoms with Gasteiger partial charge in [-0.1, -0.05) is 78.9 Å². The minimum Gasteiger partial charge on any atom is -0.273 e. The number of hydrogen-bond donors (Lipinski definition) is 0. The van der Waals surface area contributed by atoms with Crippen molar-refractivity contribution in [3.8, 4) is 0 Å². The molecular weight excluding hydrogens is 400 g/mol. The fraction of sp³-hybridized carbons (Fsp3) is 0.111. The molecule has 2 fully saturated rings. The van der Waals surface area contributed by atoms with Gasteiger partial charge < -0.3 is 0 Å². The maximum Gasteiger partial charge on any atom is 0.266 e. The highest BCUT2D eigenvalue weighted by Crippen LogP contribution is 2.48. The van der Waals surface area contributed by atoms with Gasteiger partial charge in [0.05, 0.1) is 17.4 Å². The monoisotopic (exact) mass is 420 g/mol. The van der Waals surface area contributed by atoms with Gasteiger partial charge in [-0.3, -0.25) is 14.4 Å². The summed E-state index contributed by atoms with van der Waals surface area (Å²) in [6.07, 6.45) is -0.869. The Morgan fingerprint density at radius 1 is 0.625 bits per heavy atom. The fourth-order valence-electron chi connectivity index (χ4n) is 4.87. The first-order valence-corrected chi connectivity index (χ1v) is 10.7. The number of carbonyl (C=O) groups excluding carboxylic acids is 2. The molecule has 2 amide bonds. The minimum absolute atomic E-state index is 0.234. The van der Waals surface area contributed by atoms with Crippen LogP contribution in [-0.4, -0.2) is 17.9 Å². The number of nitrogens with zero attached hydrogens (tertiary/aromatic N) is 2. The molecule has 2 heterocycles. The molecule has 3 atom stereocenters. The number of benzene rings is 4. The summed E-state index contributed by atoms with van der Waals surface area (Å²) in [5.74, 6) is -1.20. The molecule has 5 nitrogen and oxygen atoms in total. The van der Waals surface area contributed by atoms with Crippen molar-refractivity contribution in [2.24, 2.45) is 5.92 Å². The number of hydrogen-bond acceptors (Lipinski definition) is 4. The first-order chi connectivity index (χ1) is 15.7. The Balaban J connectivity index is 1.52. The maximum absolute atomic E-state index is 13.7. The number of imide groups is 1. The van der Waals surface area contributed by atoms with Crippen molar-refractivity contribution in [2.75, 3.05) is 9.96 Å². The van der Waals surface area contributed by atoms with Crippen LogP contribution in [0.2, 0.25) is 0 Å². The highest BCUT2D eigenvalue weighted by atomic mass is 16.7. The normalized spacial score (nSPS) is 22.6. The van der Waals surface area contributed by atoms with E-state index in [1.807, 2.05) is 72.8 Å². The average molecular weight is 420 g/mol. The lowest BCUT2D eigenvalue weighted by molar-refractivity contribution is -0.126. The zero-order valence-electron chi connectivity index (χ0n) is 17.2. The van der Waals surface area contributed by atoms with Crippen LogP contribution in [0.4, 0.5) is 11.4 Å². The topological polar surface area (TPSA) is 49.9 Å². The smallest absolute Gasteiger partial charge is 0.266 e. The molecule has 0 N–H and O–H groups in total. The van der Waals surface area contributed by atoms with Gasteiger partial charge in [0.15, 0.2) is 6.10 Å². The van der Waals surface area contributed by atoms with E-state index in [0.29, 0.717) is 5.69 Å². The quantitative estimate of drug-likeness (QED) is 0.443. The molecule has 4 aromatic carbocycles. The number of fused-ring (bicyclic) bond motifs is 2. The zero-order chi connectivity index (χ0) is 21.7. The van der Waals surface area contributed by atoms with Crippen molar-refractivity contribution in [1.82, 2.24) is 0 Å². The molecule has 2 aliphatic rings. The molecule has 0 bridgehead atoms. The van der Waals surface area contributed by atoms with Crippen LogP contribution in [0.3, 0.4) is 0 Å². The second kappa shape index (κ2) is 7.32. The molecule has 0 aromatic heterocycles. The van der Waals surface area contributed by atoms with Crippen molar-refractivity contribution < 1.29 is 14.4 Å². The Kier molecular flexibility index (Phi) is 4.30. The van der Waals surface area contributed by atoms with Crippen LogP contribution in [0.5, 0.6) is 0 Å². The second-order valence-corrected chi connectivity index (χ2v) is 8.07. The first kappa shape index (κ1) is 18.8. The van der Waals surface area contributed by atoms with Gasteiger partial charge in [-0.15, -0.1) is 0 Å². The van der Waals surface area contributed by atoms with Gasteiger partial charge in [0.1, 0.15) is 5.92 Å². The Morgan fingerprint density at radius 2 is 1.25 bits per heavy atom. The van der Waals surface area contributed by atoms with E-state index in [2.05, 4.69) is 18.2 Å². The van der Waals surface area contributed by atoms with E-state index in [1.165, 1.54) is 4.90 Å². The number of para-hydroxylation sites is 2. The molecule has 4 aromatic rings. The predicted molar refractivity (Wildman–Crippen MR) is 123 cm³/mol. The van der Waals surface area contributed by atoms with Crippen LogP contribution in [0.25, 0.3) is 10.8 Å². The van der Waals surface area contributed by atoms with Gasteiger partial charge in [0.25, 0.3) is 5.91 Å². The summed E-state index contributed by atoms with van der Waals surface area (Å²) in [5.41, 5.74) is 2.35. The number of rotatable bonds is 3. The van der Waals surface area contributed by atoms with E-state index < -0.39 is 18.1 Å². The van der Waals surface area contributed by atoms with Gasteiger partial charge in [-0.25, -0.2) is 9.96 Å². The molecule has 5 heteroatoms. The van der Waals surface area contributed by atoms with Crippen molar-refractivity contribution in [1.29, 1.82) is 0 Å². The van der Waals surface area contributed by atoms with Crippen LogP contribution in [0.15, 0.2) is 103 Å². The SMILES string of the molecule is O=C1[C@@H]2[C@@H](c3cccc4ccccc34)N(c3ccccc3)O[C@H]2C(=O)N1c1ccccc1. The van der Waals surface area contributed by atoms with E-state index >= 15 is 0 Å². The third-order valence-corrected chi connectivity index (χ3v) is 6.28. The lowest BCUT2D eigenvalue weighted by Gasteiger charge is -2.29. The van der Waals surface area contributed by atoms with Gasteiger partial charge in [0.2, 0.25) is 5.91 Å². The second-order valence-electron chi connectivity index (χ2n) is 8.07. The number of anilines is 2. The van der Waals surface area contributed by atoms with E-state index in [4.69, 9.17) is 4.84 Å². The number of carbonyl (C=O) groups is 2. The molecular formula is C27H20N2O3. The lowest BCUT2D eigenvalue weighted by Crippen LogP contribution is -2.37. The summed E-state index contributed by atoms with van der Waals surface area (Å²) in [5, 5.41) is 3.87. The Bertz CT molecular complexity index is 1320. The molecule has 2 saturated heterocycles. The Morgan fingerprint density at radius 3 is 2.00 bits per heavy atom. The van der Waals surface area contributed by atoms with Gasteiger partial charge in [0, 0.05) is 0 Å². The van der Waals surface area contributed by atoms with E-state index in [9.17, 15) is 9.59 Å². The molecule has 0 saturated carbocycles. The third-order valence-electron chi connectivity index (χ3n) is 6.28. The summed E-state index contributed by atoms with van der Waals surface area (Å²) in [6.45, 7) is 0. The molecule has 0 spiro atoms. The van der Waals surface area contributed by atoms with Gasteiger partial charge >= 0.3 is 0 Å². The summed E-state index contributed by atoms with van der Waals surface area (Å²) in [7, 11) is 0. The van der Waals surface area contributed by atoms with Crippen LogP contribution < -0.4 is 9.96 Å². The van der Waals surface area contributed by atoms with Gasteiger partial charge in [-0.2, -0.15) is 0 Å². The highest BCUT2D eigenvalue weighted by molar-refractivity contribution is 6.24. The van der Waals surface area contributed by atoms with Crippen LogP contribution in [-0.2, 0) is 14.4 Å². The Hall–Kier alpha value is -3.96. The molecule has 0 radical (unpaired) electrons. The molecule has 0 unspecified atom stereocenters. The number of hydroxylamine groups is 1. The number of amides is 2. The predicted octanol–water partition coefficient (Wildman–Crippen LogP) is 4.89. The van der Waals surface area contributed by atoms with E-state index in [1.54, 1.807) is 17.2 Å². The molecule has 6 rings (SSSR count). The van der Waals surface area contributed by atoms with Crippen LogP contribution in [0.1, 0.15) is 11.6 Å². The van der Waals surface area contributed by atoms with E-state index in [-0.39, 0.29) is 11.8 Å². The highest BCUT2D eigenvalue weighted by Gasteiger charge is 2.60. The summed E-state index contributed by atoms with van der Waals surface area (Å²) in [4.78, 5) is 34.6. The standard InChI is InChI=1S/C27H20N2O3/c30-26-23-24(22-17-9-11-18-10-7-8-16-21(18)22)29(20-14-5-2-6-15-20)32-25(23)27(31)28(26)19-12-3-1-4-13-19/h1-17,23-25H/t23-,24-,25-/m1/s1. The van der Waals surface area contributed by atoms with Crippen molar-refractivity contribution >= 4 is 34.0 Å². The third kappa shape index (κ3) is 2.75. The van der Waals surface area contributed by atoms with Gasteiger partial charge in [-0.05, 0) is 40.6 Å². The zero-order valence-corrected chi connectivity index (χ0v) is 17.2. The fourth-order valence-corrected chi connectivity index (χ4v) is 4.87. The van der Waals surface area contributed by atoms with Crippen LogP contribution >= 0.6 is 0 Å². The molecule has 2 aliphatic heterocycles. The minimum atomic E-state index is -0.869.